The van der Waals surface area contributed by atoms with Gasteiger partial charge in [0.25, 0.3) is 0 Å². The molecule has 1 aliphatic rings. The third-order valence-corrected chi connectivity index (χ3v) is 5.92. The molecule has 2 aromatic rings. The van der Waals surface area contributed by atoms with Crippen molar-refractivity contribution in [1.29, 1.82) is 0 Å². The number of esters is 1. The molecule has 2 aromatic carbocycles. The van der Waals surface area contributed by atoms with Gasteiger partial charge in [0.2, 0.25) is 0 Å². The number of phenolic OH excluding ortho intramolecular Hbond substituents is 2. The second kappa shape index (κ2) is 6.63. The quantitative estimate of drug-likeness (QED) is 0.385. The molecule has 3 rings (SSSR count). The van der Waals surface area contributed by atoms with Gasteiger partial charge in [0.15, 0.2) is 17.2 Å². The molecule has 2 N–H and O–H groups in total. The summed E-state index contributed by atoms with van der Waals surface area (Å²) in [6.45, 7) is 7.03. The van der Waals surface area contributed by atoms with E-state index >= 15 is 0 Å². The zero-order valence-electron chi connectivity index (χ0n) is 14.5. The Balaban J connectivity index is 2.44. The van der Waals surface area contributed by atoms with Crippen LogP contribution >= 0.6 is 31.9 Å². The molecular weight excluding hydrogens is 468 g/mol. The molecule has 5 nitrogen and oxygen atoms in total. The number of aryl methyl sites for hydroxylation is 1. The van der Waals surface area contributed by atoms with Gasteiger partial charge in [-0.2, -0.15) is 0 Å². The van der Waals surface area contributed by atoms with Crippen molar-refractivity contribution in [3.05, 3.63) is 43.3 Å². The molecule has 0 fully saturated rings. The average molecular weight is 484 g/mol. The van der Waals surface area contributed by atoms with Crippen LogP contribution in [0, 0.1) is 13.8 Å². The Kier molecular flexibility index (Phi) is 4.79. The summed E-state index contributed by atoms with van der Waals surface area (Å²) in [5, 5.41) is 20.6. The topological polar surface area (TPSA) is 76.0 Å². The van der Waals surface area contributed by atoms with E-state index in [0.29, 0.717) is 26.9 Å². The summed E-state index contributed by atoms with van der Waals surface area (Å²) in [7, 11) is 0. The molecule has 0 saturated carbocycles. The van der Waals surface area contributed by atoms with Crippen LogP contribution in [0.25, 0.3) is 5.57 Å². The molecule has 26 heavy (non-hydrogen) atoms. The number of fused-ring (bicyclic) bond motifs is 2. The lowest BCUT2D eigenvalue weighted by Gasteiger charge is -2.18. The number of carbonyl (C=O) groups is 1. The van der Waals surface area contributed by atoms with Crippen molar-refractivity contribution < 1.29 is 24.5 Å². The Morgan fingerprint density at radius 2 is 1.73 bits per heavy atom. The van der Waals surface area contributed by atoms with Crippen molar-refractivity contribution in [2.24, 2.45) is 0 Å². The molecule has 0 bridgehead atoms. The summed E-state index contributed by atoms with van der Waals surface area (Å²) in [5.74, 6) is -0.0778. The molecule has 0 radical (unpaired) electrons. The Hall–Kier alpha value is -1.99. The van der Waals surface area contributed by atoms with E-state index in [2.05, 4.69) is 31.9 Å². The number of halogens is 2. The third kappa shape index (κ3) is 2.70. The molecule has 136 valence electrons. The highest BCUT2D eigenvalue weighted by Crippen LogP contribution is 2.53. The van der Waals surface area contributed by atoms with Gasteiger partial charge in [0.05, 0.1) is 4.47 Å². The van der Waals surface area contributed by atoms with Gasteiger partial charge in [0, 0.05) is 11.1 Å². The summed E-state index contributed by atoms with van der Waals surface area (Å²) in [5.41, 5.74) is 2.49. The van der Waals surface area contributed by atoms with E-state index in [0.717, 1.165) is 5.57 Å². The van der Waals surface area contributed by atoms with Crippen LogP contribution < -0.4 is 9.47 Å². The first-order chi connectivity index (χ1) is 12.2. The van der Waals surface area contributed by atoms with Crippen LogP contribution in [0.2, 0.25) is 0 Å². The molecule has 7 heteroatoms. The summed E-state index contributed by atoms with van der Waals surface area (Å²) < 4.78 is 12.4. The van der Waals surface area contributed by atoms with Crippen molar-refractivity contribution in [2.45, 2.75) is 27.7 Å². The molecule has 0 atom stereocenters. The second-order valence-electron chi connectivity index (χ2n) is 6.01. The van der Waals surface area contributed by atoms with Gasteiger partial charge in [-0.3, -0.25) is 0 Å². The number of aromatic hydroxyl groups is 2. The van der Waals surface area contributed by atoms with Crippen molar-refractivity contribution in [1.82, 2.24) is 0 Å². The number of benzene rings is 2. The van der Waals surface area contributed by atoms with Gasteiger partial charge in [0.1, 0.15) is 21.5 Å². The predicted molar refractivity (Wildman–Crippen MR) is 105 cm³/mol. The third-order valence-electron chi connectivity index (χ3n) is 4.39. The first-order valence-electron chi connectivity index (χ1n) is 7.79. The normalized spacial score (nSPS) is 13.5. The number of rotatable bonds is 1. The number of carbonyl (C=O) groups excluding carboxylic acids is 1. The smallest absolute Gasteiger partial charge is 0.347 e. The molecular formula is C19H16Br2O5. The van der Waals surface area contributed by atoms with Crippen LogP contribution in [0.5, 0.6) is 28.7 Å². The van der Waals surface area contributed by atoms with Crippen LogP contribution in [0.3, 0.4) is 0 Å². The first kappa shape index (κ1) is 18.8. The maximum atomic E-state index is 12.7. The van der Waals surface area contributed by atoms with Crippen molar-refractivity contribution in [3.8, 4) is 28.7 Å². The van der Waals surface area contributed by atoms with Gasteiger partial charge in [-0.1, -0.05) is 6.08 Å². The first-order valence-corrected chi connectivity index (χ1v) is 9.38. The Labute approximate surface area is 167 Å². The van der Waals surface area contributed by atoms with Gasteiger partial charge in [-0.05, 0) is 76.8 Å². The molecule has 0 unspecified atom stereocenters. The minimum absolute atomic E-state index is 0.0269. The minimum atomic E-state index is -0.620. The lowest BCUT2D eigenvalue weighted by molar-refractivity contribution is 0.0735. The fourth-order valence-corrected chi connectivity index (χ4v) is 4.02. The maximum absolute atomic E-state index is 12.7. The largest absolute Gasteiger partial charge is 0.507 e. The van der Waals surface area contributed by atoms with Crippen LogP contribution in [0.4, 0.5) is 0 Å². The highest BCUT2D eigenvalue weighted by atomic mass is 79.9. The van der Waals surface area contributed by atoms with E-state index in [1.165, 1.54) is 6.07 Å². The van der Waals surface area contributed by atoms with Crippen LogP contribution in [-0.2, 0) is 0 Å². The van der Waals surface area contributed by atoms with Crippen molar-refractivity contribution >= 4 is 43.4 Å². The van der Waals surface area contributed by atoms with E-state index in [9.17, 15) is 15.0 Å². The lowest BCUT2D eigenvalue weighted by atomic mass is 10.0. The van der Waals surface area contributed by atoms with E-state index in [1.54, 1.807) is 13.8 Å². The van der Waals surface area contributed by atoms with Crippen molar-refractivity contribution in [2.75, 3.05) is 0 Å². The zero-order valence-corrected chi connectivity index (χ0v) is 17.7. The van der Waals surface area contributed by atoms with Crippen LogP contribution in [0.15, 0.2) is 21.1 Å². The Morgan fingerprint density at radius 1 is 1.08 bits per heavy atom. The molecule has 0 saturated heterocycles. The number of hydrogen-bond donors (Lipinski definition) is 2. The Bertz CT molecular complexity index is 993. The van der Waals surface area contributed by atoms with E-state index in [-0.39, 0.29) is 33.0 Å². The fourth-order valence-electron chi connectivity index (χ4n) is 2.83. The molecule has 0 aromatic heterocycles. The number of hydrogen-bond acceptors (Lipinski definition) is 5. The average Bonchev–Trinajstić information content (AvgIpc) is 2.75. The predicted octanol–water partition coefficient (Wildman–Crippen LogP) is 5.99. The van der Waals surface area contributed by atoms with E-state index < -0.39 is 5.97 Å². The highest BCUT2D eigenvalue weighted by Gasteiger charge is 2.33. The molecule has 1 heterocycles. The molecule has 0 aliphatic carbocycles. The summed E-state index contributed by atoms with van der Waals surface area (Å²) >= 11 is 6.69. The Morgan fingerprint density at radius 3 is 2.35 bits per heavy atom. The minimum Gasteiger partial charge on any atom is -0.507 e. The van der Waals surface area contributed by atoms with E-state index in [4.69, 9.17) is 9.47 Å². The van der Waals surface area contributed by atoms with Gasteiger partial charge in [-0.25, -0.2) is 4.79 Å². The number of phenols is 2. The van der Waals surface area contributed by atoms with Crippen molar-refractivity contribution in [3.63, 3.8) is 0 Å². The SMILES string of the molecule is C/C=C(\C)c1c(Br)c(O)c(C)c2c1Oc1c(Br)c(O)cc(C)c1C(=O)O2. The standard InChI is InChI=1S/C19H16Br2O5/c1-5-7(2)11-14(21)15(23)9(4)16-18(11)25-17-12(19(24)26-16)8(3)6-10(22)13(17)20/h5-6,22-23H,1-4H3/b7-5+. The zero-order chi connectivity index (χ0) is 19.3. The fraction of sp³-hybridized carbons (Fsp3) is 0.211. The van der Waals surface area contributed by atoms with Crippen LogP contribution in [0.1, 0.15) is 40.9 Å². The molecule has 0 spiro atoms. The molecule has 0 amide bonds. The van der Waals surface area contributed by atoms with Gasteiger partial charge >= 0.3 is 5.97 Å². The summed E-state index contributed by atoms with van der Waals surface area (Å²) in [6.07, 6.45) is 1.86. The maximum Gasteiger partial charge on any atom is 0.347 e. The molecule has 1 aliphatic heterocycles. The highest BCUT2D eigenvalue weighted by molar-refractivity contribution is 9.11. The summed E-state index contributed by atoms with van der Waals surface area (Å²) in [4.78, 5) is 12.7. The van der Waals surface area contributed by atoms with E-state index in [1.807, 2.05) is 19.9 Å². The van der Waals surface area contributed by atoms with Gasteiger partial charge < -0.3 is 19.7 Å². The van der Waals surface area contributed by atoms with Gasteiger partial charge in [-0.15, -0.1) is 0 Å². The monoisotopic (exact) mass is 482 g/mol. The van der Waals surface area contributed by atoms with Crippen LogP contribution in [-0.4, -0.2) is 16.2 Å². The number of allylic oxidation sites excluding steroid dienone is 2. The number of ether oxygens (including phenoxy) is 2. The lowest BCUT2D eigenvalue weighted by Crippen LogP contribution is -2.10. The second-order valence-corrected chi connectivity index (χ2v) is 7.60. The summed E-state index contributed by atoms with van der Waals surface area (Å²) in [6, 6.07) is 1.46.